The van der Waals surface area contributed by atoms with Gasteiger partial charge in [0.1, 0.15) is 5.56 Å². The maximum absolute atomic E-state index is 12.8. The molecule has 0 aliphatic heterocycles. The Balaban J connectivity index is 2.15. The van der Waals surface area contributed by atoms with Gasteiger partial charge < -0.3 is 9.88 Å². The summed E-state index contributed by atoms with van der Waals surface area (Å²) in [5.74, 6) is -0.428. The first-order chi connectivity index (χ1) is 11.5. The van der Waals surface area contributed by atoms with Crippen molar-refractivity contribution in [3.63, 3.8) is 0 Å². The molecule has 0 bridgehead atoms. The van der Waals surface area contributed by atoms with Crippen molar-refractivity contribution in [3.8, 4) is 0 Å². The van der Waals surface area contributed by atoms with E-state index in [4.69, 9.17) is 11.6 Å². The van der Waals surface area contributed by atoms with Gasteiger partial charge >= 0.3 is 0 Å². The first-order valence-corrected chi connectivity index (χ1v) is 8.06. The molecule has 122 valence electrons. The third kappa shape index (κ3) is 3.05. The molecule has 0 fully saturated rings. The Morgan fingerprint density at radius 3 is 2.50 bits per heavy atom. The average Bonchev–Trinajstić information content (AvgIpc) is 2.56. The van der Waals surface area contributed by atoms with Gasteiger partial charge in [0.15, 0.2) is 0 Å². The third-order valence-corrected chi connectivity index (χ3v) is 4.06. The van der Waals surface area contributed by atoms with Crippen LogP contribution in [0.2, 0.25) is 5.02 Å². The number of nitrogens with zero attached hydrogens (tertiary/aromatic N) is 1. The lowest BCUT2D eigenvalue weighted by atomic mass is 10.1. The highest BCUT2D eigenvalue weighted by Crippen LogP contribution is 2.21. The minimum atomic E-state index is -0.428. The highest BCUT2D eigenvalue weighted by atomic mass is 35.5. The Morgan fingerprint density at radius 1 is 1.12 bits per heavy atom. The Hall–Kier alpha value is -2.59. The summed E-state index contributed by atoms with van der Waals surface area (Å²) in [6, 6.07) is 14.3. The van der Waals surface area contributed by atoms with Crippen molar-refractivity contribution in [2.45, 2.75) is 19.9 Å². The van der Waals surface area contributed by atoms with Gasteiger partial charge in [-0.15, -0.1) is 0 Å². The van der Waals surface area contributed by atoms with E-state index in [0.717, 1.165) is 5.52 Å². The van der Waals surface area contributed by atoms with Gasteiger partial charge in [-0.25, -0.2) is 0 Å². The SMILES string of the molecule is CC(C)n1cc(C(=O)Nc2ccccc2)c(=O)c2cc(Cl)ccc21. The van der Waals surface area contributed by atoms with E-state index in [1.54, 1.807) is 36.5 Å². The second kappa shape index (κ2) is 6.49. The number of anilines is 1. The molecule has 0 radical (unpaired) electrons. The van der Waals surface area contributed by atoms with Crippen LogP contribution in [0.4, 0.5) is 5.69 Å². The van der Waals surface area contributed by atoms with Crippen LogP contribution in [0.5, 0.6) is 0 Å². The molecule has 3 aromatic rings. The minimum absolute atomic E-state index is 0.0950. The van der Waals surface area contributed by atoms with E-state index in [1.807, 2.05) is 36.6 Å². The van der Waals surface area contributed by atoms with E-state index in [9.17, 15) is 9.59 Å². The zero-order chi connectivity index (χ0) is 17.3. The number of benzene rings is 2. The minimum Gasteiger partial charge on any atom is -0.344 e. The number of carbonyl (C=O) groups excluding carboxylic acids is 1. The van der Waals surface area contributed by atoms with Crippen LogP contribution < -0.4 is 10.7 Å². The molecule has 0 atom stereocenters. The average molecular weight is 341 g/mol. The second-order valence-corrected chi connectivity index (χ2v) is 6.29. The number of hydrogen-bond acceptors (Lipinski definition) is 2. The number of hydrogen-bond donors (Lipinski definition) is 1. The molecule has 0 aliphatic carbocycles. The Morgan fingerprint density at radius 2 is 1.83 bits per heavy atom. The van der Waals surface area contributed by atoms with Crippen LogP contribution in [0.3, 0.4) is 0 Å². The van der Waals surface area contributed by atoms with Crippen LogP contribution in [0.15, 0.2) is 59.5 Å². The number of nitrogens with one attached hydrogen (secondary N) is 1. The van der Waals surface area contributed by atoms with Crippen LogP contribution in [-0.2, 0) is 0 Å². The number of aromatic nitrogens is 1. The van der Waals surface area contributed by atoms with Gasteiger partial charge in [0.25, 0.3) is 5.91 Å². The highest BCUT2D eigenvalue weighted by Gasteiger charge is 2.17. The summed E-state index contributed by atoms with van der Waals surface area (Å²) in [4.78, 5) is 25.3. The number of halogens is 1. The summed E-state index contributed by atoms with van der Waals surface area (Å²) in [6.07, 6.45) is 1.61. The molecule has 1 amide bonds. The topological polar surface area (TPSA) is 51.1 Å². The van der Waals surface area contributed by atoms with Crippen LogP contribution in [0, 0.1) is 0 Å². The van der Waals surface area contributed by atoms with Crippen molar-refractivity contribution >= 4 is 34.1 Å². The second-order valence-electron chi connectivity index (χ2n) is 5.85. The molecule has 0 unspecified atom stereocenters. The number of carbonyl (C=O) groups is 1. The molecule has 2 aromatic carbocycles. The molecule has 0 saturated carbocycles. The monoisotopic (exact) mass is 340 g/mol. The smallest absolute Gasteiger partial charge is 0.261 e. The predicted molar refractivity (Wildman–Crippen MR) is 98.0 cm³/mol. The Kier molecular flexibility index (Phi) is 4.40. The molecule has 0 saturated heterocycles. The fraction of sp³-hybridized carbons (Fsp3) is 0.158. The fourth-order valence-electron chi connectivity index (χ4n) is 2.64. The quantitative estimate of drug-likeness (QED) is 0.763. The molecule has 5 heteroatoms. The van der Waals surface area contributed by atoms with Gasteiger partial charge in [0.2, 0.25) is 5.43 Å². The van der Waals surface area contributed by atoms with Crippen molar-refractivity contribution < 1.29 is 4.79 Å². The van der Waals surface area contributed by atoms with Crippen molar-refractivity contribution in [1.82, 2.24) is 4.57 Å². The molecule has 0 spiro atoms. The summed E-state index contributed by atoms with van der Waals surface area (Å²) in [6.45, 7) is 3.99. The Bertz CT molecular complexity index is 962. The van der Waals surface area contributed by atoms with E-state index in [-0.39, 0.29) is 17.0 Å². The third-order valence-electron chi connectivity index (χ3n) is 3.83. The van der Waals surface area contributed by atoms with E-state index in [2.05, 4.69) is 5.32 Å². The lowest BCUT2D eigenvalue weighted by molar-refractivity contribution is 0.102. The molecule has 1 aromatic heterocycles. The van der Waals surface area contributed by atoms with Gasteiger partial charge in [0.05, 0.1) is 5.52 Å². The highest BCUT2D eigenvalue weighted by molar-refractivity contribution is 6.31. The van der Waals surface area contributed by atoms with Crippen molar-refractivity contribution in [2.75, 3.05) is 5.32 Å². The van der Waals surface area contributed by atoms with E-state index in [1.165, 1.54) is 0 Å². The fourth-order valence-corrected chi connectivity index (χ4v) is 2.81. The lowest BCUT2D eigenvalue weighted by Crippen LogP contribution is -2.24. The molecule has 1 heterocycles. The van der Waals surface area contributed by atoms with Gasteiger partial charge in [0, 0.05) is 28.3 Å². The van der Waals surface area contributed by atoms with Gasteiger partial charge in [-0.05, 0) is 44.2 Å². The molecule has 3 rings (SSSR count). The van der Waals surface area contributed by atoms with Crippen LogP contribution in [-0.4, -0.2) is 10.5 Å². The number of pyridine rings is 1. The van der Waals surface area contributed by atoms with Gasteiger partial charge in [-0.1, -0.05) is 29.8 Å². The maximum atomic E-state index is 12.8. The summed E-state index contributed by atoms with van der Waals surface area (Å²) in [5, 5.41) is 3.67. The summed E-state index contributed by atoms with van der Waals surface area (Å²) in [7, 11) is 0. The summed E-state index contributed by atoms with van der Waals surface area (Å²) < 4.78 is 1.91. The molecule has 24 heavy (non-hydrogen) atoms. The zero-order valence-corrected chi connectivity index (χ0v) is 14.2. The normalized spacial score (nSPS) is 11.0. The summed E-state index contributed by atoms with van der Waals surface area (Å²) in [5.41, 5.74) is 1.18. The predicted octanol–water partition coefficient (Wildman–Crippen LogP) is 4.49. The van der Waals surface area contributed by atoms with Crippen LogP contribution in [0.1, 0.15) is 30.2 Å². The largest absolute Gasteiger partial charge is 0.344 e. The van der Waals surface area contributed by atoms with Crippen LogP contribution >= 0.6 is 11.6 Å². The number of rotatable bonds is 3. The molecular formula is C19H17ClN2O2. The molecule has 0 aliphatic rings. The maximum Gasteiger partial charge on any atom is 0.261 e. The van der Waals surface area contributed by atoms with Crippen LogP contribution in [0.25, 0.3) is 10.9 Å². The standard InChI is InChI=1S/C19H17ClN2O2/c1-12(2)22-11-16(19(24)21-14-6-4-3-5-7-14)18(23)15-10-13(20)8-9-17(15)22/h3-12H,1-2H3,(H,21,24). The summed E-state index contributed by atoms with van der Waals surface area (Å²) >= 11 is 6.04. The lowest BCUT2D eigenvalue weighted by Gasteiger charge is -2.17. The molecule has 4 nitrogen and oxygen atoms in total. The van der Waals surface area contributed by atoms with Gasteiger partial charge in [-0.2, -0.15) is 0 Å². The van der Waals surface area contributed by atoms with E-state index in [0.29, 0.717) is 16.1 Å². The van der Waals surface area contributed by atoms with E-state index >= 15 is 0 Å². The Labute approximate surface area is 144 Å². The zero-order valence-electron chi connectivity index (χ0n) is 13.4. The first-order valence-electron chi connectivity index (χ1n) is 7.68. The first kappa shape index (κ1) is 16.3. The number of para-hydroxylation sites is 1. The molecular weight excluding hydrogens is 324 g/mol. The van der Waals surface area contributed by atoms with Crippen molar-refractivity contribution in [1.29, 1.82) is 0 Å². The van der Waals surface area contributed by atoms with E-state index < -0.39 is 5.91 Å². The van der Waals surface area contributed by atoms with Gasteiger partial charge in [-0.3, -0.25) is 9.59 Å². The number of amides is 1. The number of fused-ring (bicyclic) bond motifs is 1. The molecule has 1 N–H and O–H groups in total. The van der Waals surface area contributed by atoms with Crippen molar-refractivity contribution in [2.24, 2.45) is 0 Å². The van der Waals surface area contributed by atoms with Crippen molar-refractivity contribution in [3.05, 3.63) is 75.5 Å².